The number of aromatic nitrogens is 2. The number of ether oxygens (including phenoxy) is 1. The molecule has 3 rings (SSSR count). The second-order valence-corrected chi connectivity index (χ2v) is 4.67. The Morgan fingerprint density at radius 3 is 2.94 bits per heavy atom. The van der Waals surface area contributed by atoms with Crippen molar-refractivity contribution in [1.82, 2.24) is 9.97 Å². The molecular formula is C13H16N4O. The molecule has 18 heavy (non-hydrogen) atoms. The van der Waals surface area contributed by atoms with Crippen molar-refractivity contribution in [3.05, 3.63) is 24.5 Å². The number of fused-ring (bicyclic) bond motifs is 1. The molecule has 5 nitrogen and oxygen atoms in total. The van der Waals surface area contributed by atoms with E-state index in [-0.39, 0.29) is 0 Å². The van der Waals surface area contributed by atoms with Crippen molar-refractivity contribution in [1.29, 1.82) is 0 Å². The van der Waals surface area contributed by atoms with Crippen molar-refractivity contribution in [3.8, 4) is 0 Å². The molecule has 1 fully saturated rings. The monoisotopic (exact) mass is 244 g/mol. The predicted octanol–water partition coefficient (Wildman–Crippen LogP) is 1.80. The van der Waals surface area contributed by atoms with E-state index in [2.05, 4.69) is 15.3 Å². The van der Waals surface area contributed by atoms with Gasteiger partial charge in [0.05, 0.1) is 11.6 Å². The predicted molar refractivity (Wildman–Crippen MR) is 71.4 cm³/mol. The second kappa shape index (κ2) is 4.42. The van der Waals surface area contributed by atoms with E-state index in [1.807, 2.05) is 18.2 Å². The smallest absolute Gasteiger partial charge is 0.137 e. The Kier molecular flexibility index (Phi) is 2.76. The van der Waals surface area contributed by atoms with Gasteiger partial charge in [0.2, 0.25) is 0 Å². The lowest BCUT2D eigenvalue weighted by atomic mass is 9.89. The van der Waals surface area contributed by atoms with Crippen LogP contribution in [-0.4, -0.2) is 29.2 Å². The number of rotatable bonds is 3. The molecule has 94 valence electrons. The third kappa shape index (κ3) is 1.97. The molecule has 1 heterocycles. The largest absolute Gasteiger partial charge is 0.399 e. The van der Waals surface area contributed by atoms with Gasteiger partial charge in [-0.15, -0.1) is 0 Å². The Balaban J connectivity index is 1.85. The van der Waals surface area contributed by atoms with Crippen LogP contribution < -0.4 is 11.1 Å². The molecular weight excluding hydrogens is 228 g/mol. The normalized spacial score (nSPS) is 22.7. The van der Waals surface area contributed by atoms with Crippen LogP contribution in [0, 0.1) is 0 Å². The fraction of sp³-hybridized carbons (Fsp3) is 0.385. The summed E-state index contributed by atoms with van der Waals surface area (Å²) in [6.07, 6.45) is 3.99. The average Bonchev–Trinajstić information content (AvgIpc) is 2.33. The minimum absolute atomic E-state index is 0.376. The highest BCUT2D eigenvalue weighted by molar-refractivity contribution is 5.91. The first-order valence-electron chi connectivity index (χ1n) is 6.06. The molecule has 0 radical (unpaired) electrons. The summed E-state index contributed by atoms with van der Waals surface area (Å²) in [5, 5.41) is 4.40. The van der Waals surface area contributed by atoms with Gasteiger partial charge in [-0.2, -0.15) is 0 Å². The van der Waals surface area contributed by atoms with E-state index in [4.69, 9.17) is 10.5 Å². The third-order valence-electron chi connectivity index (χ3n) is 3.43. The Bertz CT molecular complexity index is 566. The molecule has 3 N–H and O–H groups in total. The van der Waals surface area contributed by atoms with Crippen LogP contribution in [0.5, 0.6) is 0 Å². The van der Waals surface area contributed by atoms with E-state index in [0.717, 1.165) is 35.2 Å². The molecule has 1 aliphatic rings. The summed E-state index contributed by atoms with van der Waals surface area (Å²) in [7, 11) is 1.75. The van der Waals surface area contributed by atoms with Crippen LogP contribution >= 0.6 is 0 Å². The zero-order valence-electron chi connectivity index (χ0n) is 10.3. The van der Waals surface area contributed by atoms with E-state index in [1.54, 1.807) is 13.4 Å². The van der Waals surface area contributed by atoms with Crippen LogP contribution in [0.3, 0.4) is 0 Å². The summed E-state index contributed by atoms with van der Waals surface area (Å²) in [5.41, 5.74) is 7.44. The summed E-state index contributed by atoms with van der Waals surface area (Å²) in [6.45, 7) is 0. The van der Waals surface area contributed by atoms with Crippen molar-refractivity contribution in [2.75, 3.05) is 18.2 Å². The van der Waals surface area contributed by atoms with Crippen LogP contribution in [0.25, 0.3) is 10.9 Å². The lowest BCUT2D eigenvalue weighted by molar-refractivity contribution is 0.0328. The summed E-state index contributed by atoms with van der Waals surface area (Å²) >= 11 is 0. The summed E-state index contributed by atoms with van der Waals surface area (Å²) in [4.78, 5) is 8.54. The SMILES string of the molecule is COC1CC(Nc2ncnc3ccc(N)cc23)C1. The Morgan fingerprint density at radius 2 is 2.17 bits per heavy atom. The molecule has 0 amide bonds. The number of benzene rings is 1. The molecule has 1 aromatic heterocycles. The van der Waals surface area contributed by atoms with E-state index in [1.165, 1.54) is 0 Å². The number of nitrogens with zero attached hydrogens (tertiary/aromatic N) is 2. The highest BCUT2D eigenvalue weighted by Gasteiger charge is 2.29. The Hall–Kier alpha value is -1.88. The molecule has 0 spiro atoms. The zero-order valence-corrected chi connectivity index (χ0v) is 10.3. The first-order valence-corrected chi connectivity index (χ1v) is 6.06. The van der Waals surface area contributed by atoms with Crippen LogP contribution in [0.15, 0.2) is 24.5 Å². The first kappa shape index (κ1) is 11.2. The zero-order chi connectivity index (χ0) is 12.5. The van der Waals surface area contributed by atoms with E-state index >= 15 is 0 Å². The molecule has 2 aromatic rings. The minimum Gasteiger partial charge on any atom is -0.399 e. The highest BCUT2D eigenvalue weighted by Crippen LogP contribution is 2.28. The second-order valence-electron chi connectivity index (χ2n) is 4.67. The van der Waals surface area contributed by atoms with Gasteiger partial charge in [0.25, 0.3) is 0 Å². The molecule has 0 atom stereocenters. The van der Waals surface area contributed by atoms with Crippen molar-refractivity contribution in [3.63, 3.8) is 0 Å². The number of hydrogen-bond donors (Lipinski definition) is 2. The molecule has 0 unspecified atom stereocenters. The van der Waals surface area contributed by atoms with Crippen molar-refractivity contribution in [2.45, 2.75) is 25.0 Å². The number of methoxy groups -OCH3 is 1. The van der Waals surface area contributed by atoms with Crippen molar-refractivity contribution < 1.29 is 4.74 Å². The van der Waals surface area contributed by atoms with E-state index in [9.17, 15) is 0 Å². The van der Waals surface area contributed by atoms with Gasteiger partial charge >= 0.3 is 0 Å². The number of nitrogen functional groups attached to an aromatic ring is 1. The molecule has 1 aliphatic carbocycles. The number of nitrogens with one attached hydrogen (secondary N) is 1. The molecule has 0 saturated heterocycles. The summed E-state index contributed by atoms with van der Waals surface area (Å²) in [5.74, 6) is 0.854. The first-order chi connectivity index (χ1) is 8.76. The molecule has 1 saturated carbocycles. The third-order valence-corrected chi connectivity index (χ3v) is 3.43. The summed E-state index contributed by atoms with van der Waals surface area (Å²) in [6, 6.07) is 6.10. The van der Waals surface area contributed by atoms with Gasteiger partial charge in [0.15, 0.2) is 0 Å². The van der Waals surface area contributed by atoms with Gasteiger partial charge < -0.3 is 15.8 Å². The highest BCUT2D eigenvalue weighted by atomic mass is 16.5. The minimum atomic E-state index is 0.376. The number of anilines is 2. The van der Waals surface area contributed by atoms with Crippen LogP contribution in [-0.2, 0) is 4.74 Å². The number of nitrogens with two attached hydrogens (primary N) is 1. The van der Waals surface area contributed by atoms with Gasteiger partial charge in [-0.3, -0.25) is 0 Å². The van der Waals surface area contributed by atoms with E-state index in [0.29, 0.717) is 12.1 Å². The maximum Gasteiger partial charge on any atom is 0.137 e. The molecule has 5 heteroatoms. The van der Waals surface area contributed by atoms with Crippen LogP contribution in [0.4, 0.5) is 11.5 Å². The lowest BCUT2D eigenvalue weighted by Crippen LogP contribution is -2.40. The van der Waals surface area contributed by atoms with Gasteiger partial charge in [0, 0.05) is 24.2 Å². The van der Waals surface area contributed by atoms with E-state index < -0.39 is 0 Å². The van der Waals surface area contributed by atoms with Crippen molar-refractivity contribution in [2.24, 2.45) is 0 Å². The molecule has 0 aliphatic heterocycles. The van der Waals surface area contributed by atoms with Crippen LogP contribution in [0.1, 0.15) is 12.8 Å². The maximum atomic E-state index is 5.81. The number of hydrogen-bond acceptors (Lipinski definition) is 5. The lowest BCUT2D eigenvalue weighted by Gasteiger charge is -2.35. The Morgan fingerprint density at radius 1 is 1.33 bits per heavy atom. The average molecular weight is 244 g/mol. The Labute approximate surface area is 105 Å². The summed E-state index contributed by atoms with van der Waals surface area (Å²) < 4.78 is 5.27. The standard InChI is InChI=1S/C13H16N4O/c1-18-10-5-9(6-10)17-13-11-4-8(14)2-3-12(11)15-7-16-13/h2-4,7,9-10H,5-6,14H2,1H3,(H,15,16,17). The maximum absolute atomic E-state index is 5.81. The fourth-order valence-corrected chi connectivity index (χ4v) is 2.26. The van der Waals surface area contributed by atoms with Gasteiger partial charge in [-0.25, -0.2) is 9.97 Å². The molecule has 1 aromatic carbocycles. The molecule has 0 bridgehead atoms. The van der Waals surface area contributed by atoms with Gasteiger partial charge in [-0.1, -0.05) is 0 Å². The van der Waals surface area contributed by atoms with Crippen molar-refractivity contribution >= 4 is 22.4 Å². The van der Waals surface area contributed by atoms with Crippen LogP contribution in [0.2, 0.25) is 0 Å². The quantitative estimate of drug-likeness (QED) is 0.805. The van der Waals surface area contributed by atoms with Gasteiger partial charge in [0.1, 0.15) is 12.1 Å². The fourth-order valence-electron chi connectivity index (χ4n) is 2.26. The van der Waals surface area contributed by atoms with Gasteiger partial charge in [-0.05, 0) is 31.0 Å². The topological polar surface area (TPSA) is 73.1 Å².